The van der Waals surface area contributed by atoms with Crippen LogP contribution in [0.4, 0.5) is 16.3 Å². The number of anilines is 2. The third kappa shape index (κ3) is 4.88. The fraction of sp³-hybridized carbons (Fsp3) is 0.346. The summed E-state index contributed by atoms with van der Waals surface area (Å²) in [6.45, 7) is 3.19. The van der Waals surface area contributed by atoms with Gasteiger partial charge in [-0.15, -0.1) is 0 Å². The number of rotatable bonds is 5. The predicted octanol–water partition coefficient (Wildman–Crippen LogP) is 3.78. The van der Waals surface area contributed by atoms with Crippen molar-refractivity contribution in [3.8, 4) is 11.1 Å². The molecule has 5 rings (SSSR count). The molecule has 1 unspecified atom stereocenters. The van der Waals surface area contributed by atoms with Gasteiger partial charge in [0.25, 0.3) is 0 Å². The molecular formula is C26H28N4O4. The highest BCUT2D eigenvalue weighted by Crippen LogP contribution is 2.32. The number of aliphatic hydroxyl groups is 1. The Morgan fingerprint density at radius 2 is 1.97 bits per heavy atom. The van der Waals surface area contributed by atoms with Gasteiger partial charge in [-0.25, -0.2) is 9.78 Å². The molecule has 2 heterocycles. The van der Waals surface area contributed by atoms with Gasteiger partial charge in [-0.3, -0.25) is 4.79 Å². The summed E-state index contributed by atoms with van der Waals surface area (Å²) in [7, 11) is 0. The van der Waals surface area contributed by atoms with Gasteiger partial charge in [0, 0.05) is 29.7 Å². The van der Waals surface area contributed by atoms with Crippen molar-refractivity contribution < 1.29 is 19.4 Å². The van der Waals surface area contributed by atoms with E-state index in [1.54, 1.807) is 11.1 Å². The normalized spacial score (nSPS) is 18.1. The minimum absolute atomic E-state index is 0.0434. The molecule has 2 aromatic carbocycles. The Balaban J connectivity index is 1.34. The Morgan fingerprint density at radius 1 is 1.12 bits per heavy atom. The minimum atomic E-state index is -0.346. The number of hydrogen-bond donors (Lipinski definition) is 3. The summed E-state index contributed by atoms with van der Waals surface area (Å²) in [5.74, 6) is 0.751. The lowest BCUT2D eigenvalue weighted by Crippen LogP contribution is -2.48. The van der Waals surface area contributed by atoms with Gasteiger partial charge in [0.2, 0.25) is 5.91 Å². The van der Waals surface area contributed by atoms with E-state index in [-0.39, 0.29) is 30.6 Å². The van der Waals surface area contributed by atoms with Crippen LogP contribution in [0, 0.1) is 12.8 Å². The molecule has 2 fully saturated rings. The highest BCUT2D eigenvalue weighted by atomic mass is 16.5. The largest absolute Gasteiger partial charge is 0.394 e. The fourth-order valence-electron chi connectivity index (χ4n) is 4.18. The van der Waals surface area contributed by atoms with Gasteiger partial charge in [-0.2, -0.15) is 0 Å². The highest BCUT2D eigenvalue weighted by Gasteiger charge is 2.29. The molecule has 2 aliphatic rings. The van der Waals surface area contributed by atoms with Gasteiger partial charge >= 0.3 is 6.03 Å². The number of amides is 3. The monoisotopic (exact) mass is 460 g/mol. The number of aryl methyl sites for hydroxylation is 1. The van der Waals surface area contributed by atoms with Gasteiger partial charge in [0.05, 0.1) is 25.9 Å². The molecule has 1 aliphatic carbocycles. The van der Waals surface area contributed by atoms with Crippen LogP contribution in [0.2, 0.25) is 0 Å². The maximum atomic E-state index is 12.7. The Hall–Kier alpha value is -3.49. The average molecular weight is 461 g/mol. The number of aromatic nitrogens is 1. The van der Waals surface area contributed by atoms with Gasteiger partial charge in [0.1, 0.15) is 5.82 Å². The van der Waals surface area contributed by atoms with Gasteiger partial charge in [-0.05, 0) is 66.1 Å². The van der Waals surface area contributed by atoms with Crippen LogP contribution in [0.1, 0.15) is 18.4 Å². The number of hydrogen-bond acceptors (Lipinski definition) is 5. The Labute approximate surface area is 197 Å². The minimum Gasteiger partial charge on any atom is -0.394 e. The molecule has 176 valence electrons. The molecule has 0 radical (unpaired) electrons. The number of morpholine rings is 1. The second-order valence-electron chi connectivity index (χ2n) is 8.98. The molecule has 3 N–H and O–H groups in total. The summed E-state index contributed by atoms with van der Waals surface area (Å²) >= 11 is 0. The fourth-order valence-corrected chi connectivity index (χ4v) is 4.18. The van der Waals surface area contributed by atoms with Crippen LogP contribution < -0.4 is 10.6 Å². The van der Waals surface area contributed by atoms with Gasteiger partial charge < -0.3 is 25.4 Å². The lowest BCUT2D eigenvalue weighted by Gasteiger charge is -2.32. The zero-order valence-corrected chi connectivity index (χ0v) is 19.1. The number of carbonyl (C=O) groups excluding carboxylic acids is 2. The number of nitrogens with one attached hydrogen (secondary N) is 2. The lowest BCUT2D eigenvalue weighted by molar-refractivity contribution is -0.117. The number of fused-ring (bicyclic) bond motifs is 1. The lowest BCUT2D eigenvalue weighted by atomic mass is 9.98. The van der Waals surface area contributed by atoms with Gasteiger partial charge in [-0.1, -0.05) is 18.2 Å². The van der Waals surface area contributed by atoms with Crippen molar-refractivity contribution in [1.82, 2.24) is 9.88 Å². The molecule has 3 aromatic rings. The first kappa shape index (κ1) is 22.3. The van der Waals surface area contributed by atoms with Crippen molar-refractivity contribution in [2.75, 3.05) is 36.9 Å². The molecule has 1 saturated carbocycles. The van der Waals surface area contributed by atoms with Crippen molar-refractivity contribution >= 4 is 34.2 Å². The first-order valence-electron chi connectivity index (χ1n) is 11.6. The Morgan fingerprint density at radius 3 is 2.76 bits per heavy atom. The zero-order valence-electron chi connectivity index (χ0n) is 19.1. The maximum absolute atomic E-state index is 12.7. The summed E-state index contributed by atoms with van der Waals surface area (Å²) in [5, 5.41) is 17.2. The summed E-state index contributed by atoms with van der Waals surface area (Å²) in [4.78, 5) is 30.8. The number of benzene rings is 2. The quantitative estimate of drug-likeness (QED) is 0.538. The number of aliphatic hydroxyl groups excluding tert-OH is 1. The second kappa shape index (κ2) is 9.40. The third-order valence-corrected chi connectivity index (χ3v) is 6.35. The van der Waals surface area contributed by atoms with E-state index in [0.717, 1.165) is 40.3 Å². The number of nitrogens with zero attached hydrogens (tertiary/aromatic N) is 2. The van der Waals surface area contributed by atoms with Crippen LogP contribution in [0.5, 0.6) is 0 Å². The van der Waals surface area contributed by atoms with E-state index in [2.05, 4.69) is 21.7 Å². The van der Waals surface area contributed by atoms with Crippen LogP contribution in [0.25, 0.3) is 21.9 Å². The Bertz CT molecular complexity index is 1240. The molecular weight excluding hydrogens is 432 g/mol. The van der Waals surface area contributed by atoms with E-state index >= 15 is 0 Å². The topological polar surface area (TPSA) is 104 Å². The van der Waals surface area contributed by atoms with Crippen molar-refractivity contribution in [2.24, 2.45) is 5.92 Å². The van der Waals surface area contributed by atoms with E-state index in [4.69, 9.17) is 4.74 Å². The van der Waals surface area contributed by atoms with E-state index in [1.165, 1.54) is 0 Å². The number of urea groups is 1. The van der Waals surface area contributed by atoms with Crippen molar-refractivity contribution in [3.63, 3.8) is 0 Å². The summed E-state index contributed by atoms with van der Waals surface area (Å²) in [5.41, 5.74) is 3.82. The summed E-state index contributed by atoms with van der Waals surface area (Å²) < 4.78 is 5.43. The van der Waals surface area contributed by atoms with Gasteiger partial charge in [0.15, 0.2) is 0 Å². The molecule has 1 aliphatic heterocycles. The second-order valence-corrected chi connectivity index (χ2v) is 8.98. The van der Waals surface area contributed by atoms with Crippen molar-refractivity contribution in [2.45, 2.75) is 25.9 Å². The molecule has 8 heteroatoms. The molecule has 0 bridgehead atoms. The predicted molar refractivity (Wildman–Crippen MR) is 131 cm³/mol. The van der Waals surface area contributed by atoms with E-state index < -0.39 is 0 Å². The SMILES string of the molecule is Cc1ccc(NC(=O)N2CCOC(CO)C2)cc1-c1ccc2cc(NC(=O)C3CC3)ncc2c1. The average Bonchev–Trinajstić information content (AvgIpc) is 3.71. The van der Waals surface area contributed by atoms with E-state index in [1.807, 2.05) is 43.3 Å². The molecule has 3 amide bonds. The molecule has 34 heavy (non-hydrogen) atoms. The smallest absolute Gasteiger partial charge is 0.322 e. The number of ether oxygens (including phenoxy) is 1. The number of carbonyl (C=O) groups is 2. The van der Waals surface area contributed by atoms with Crippen LogP contribution in [-0.2, 0) is 9.53 Å². The first-order chi connectivity index (χ1) is 16.5. The molecule has 1 atom stereocenters. The van der Waals surface area contributed by atoms with Crippen molar-refractivity contribution in [3.05, 3.63) is 54.2 Å². The first-order valence-corrected chi connectivity index (χ1v) is 11.6. The zero-order chi connectivity index (χ0) is 23.7. The molecule has 1 saturated heterocycles. The van der Waals surface area contributed by atoms with Crippen LogP contribution in [0.3, 0.4) is 0 Å². The van der Waals surface area contributed by atoms with Crippen molar-refractivity contribution in [1.29, 1.82) is 0 Å². The third-order valence-electron chi connectivity index (χ3n) is 6.35. The summed E-state index contributed by atoms with van der Waals surface area (Å²) in [6, 6.07) is 13.7. The van der Waals surface area contributed by atoms with E-state index in [9.17, 15) is 14.7 Å². The standard InChI is InChI=1S/C26H28N4O4/c1-16-2-7-21(28-26(33)30-8-9-34-22(14-30)15-31)12-23(16)19-6-5-18-11-24(27-13-20(18)10-19)29-25(32)17-3-4-17/h2,5-7,10-13,17,22,31H,3-4,8-9,14-15H2,1H3,(H,28,33)(H,27,29,32). The number of pyridine rings is 1. The van der Waals surface area contributed by atoms with Crippen LogP contribution in [-0.4, -0.2) is 59.3 Å². The summed E-state index contributed by atoms with van der Waals surface area (Å²) in [6.07, 6.45) is 3.34. The Kier molecular flexibility index (Phi) is 6.17. The highest BCUT2D eigenvalue weighted by molar-refractivity contribution is 5.96. The molecule has 0 spiro atoms. The molecule has 8 nitrogen and oxygen atoms in total. The van der Waals surface area contributed by atoms with E-state index in [0.29, 0.717) is 31.2 Å². The maximum Gasteiger partial charge on any atom is 0.322 e. The van der Waals surface area contributed by atoms with Crippen LogP contribution >= 0.6 is 0 Å². The molecule has 1 aromatic heterocycles. The van der Waals surface area contributed by atoms with Crippen LogP contribution in [0.15, 0.2) is 48.7 Å².